The molecule has 0 spiro atoms. The Kier molecular flexibility index (Phi) is 4.60. The SMILES string of the molecule is CCc1cncc(N[S+]([O-])c2cccc(C(=O)O)c2)c1. The van der Waals surface area contributed by atoms with E-state index in [-0.39, 0.29) is 5.56 Å². The second-order valence-corrected chi connectivity index (χ2v) is 5.35. The molecule has 20 heavy (non-hydrogen) atoms. The van der Waals surface area contributed by atoms with Crippen LogP contribution in [0.15, 0.2) is 47.6 Å². The monoisotopic (exact) mass is 290 g/mol. The fourth-order valence-corrected chi connectivity index (χ4v) is 2.53. The molecule has 0 saturated carbocycles. The Morgan fingerprint density at radius 2 is 2.20 bits per heavy atom. The number of carbonyl (C=O) groups is 1. The third kappa shape index (κ3) is 3.49. The van der Waals surface area contributed by atoms with E-state index in [4.69, 9.17) is 5.11 Å². The van der Waals surface area contributed by atoms with Gasteiger partial charge in [-0.15, -0.1) is 0 Å². The summed E-state index contributed by atoms with van der Waals surface area (Å²) >= 11 is -1.52. The summed E-state index contributed by atoms with van der Waals surface area (Å²) in [5.74, 6) is -1.04. The van der Waals surface area contributed by atoms with E-state index in [1.807, 2.05) is 13.0 Å². The van der Waals surface area contributed by atoms with E-state index >= 15 is 0 Å². The van der Waals surface area contributed by atoms with E-state index in [1.54, 1.807) is 24.5 Å². The number of hydrogen-bond acceptors (Lipinski definition) is 4. The first-order valence-corrected chi connectivity index (χ1v) is 7.21. The summed E-state index contributed by atoms with van der Waals surface area (Å²) in [6, 6.07) is 7.91. The van der Waals surface area contributed by atoms with Crippen LogP contribution in [0.1, 0.15) is 22.8 Å². The summed E-state index contributed by atoms with van der Waals surface area (Å²) in [6.07, 6.45) is 4.17. The molecule has 0 aliphatic carbocycles. The van der Waals surface area contributed by atoms with Crippen LogP contribution >= 0.6 is 0 Å². The lowest BCUT2D eigenvalue weighted by Crippen LogP contribution is -2.14. The average Bonchev–Trinajstić information content (AvgIpc) is 2.47. The van der Waals surface area contributed by atoms with Crippen LogP contribution in [0.4, 0.5) is 5.69 Å². The second-order valence-electron chi connectivity index (χ2n) is 4.14. The highest BCUT2D eigenvalue weighted by Crippen LogP contribution is 2.17. The Bertz CT molecular complexity index is 619. The van der Waals surface area contributed by atoms with Gasteiger partial charge in [0.1, 0.15) is 17.0 Å². The Balaban J connectivity index is 2.16. The number of hydrogen-bond donors (Lipinski definition) is 2. The summed E-state index contributed by atoms with van der Waals surface area (Å²) in [5.41, 5.74) is 1.78. The van der Waals surface area contributed by atoms with Gasteiger partial charge in [0.15, 0.2) is 4.90 Å². The molecule has 2 N–H and O–H groups in total. The molecule has 5 nitrogen and oxygen atoms in total. The Hall–Kier alpha value is -2.05. The Morgan fingerprint density at radius 1 is 1.40 bits per heavy atom. The number of nitrogens with zero attached hydrogens (tertiary/aromatic N) is 1. The molecule has 2 aromatic rings. The van der Waals surface area contributed by atoms with Crippen LogP contribution in [0.5, 0.6) is 0 Å². The number of aromatic carboxylic acids is 1. The van der Waals surface area contributed by atoms with Crippen molar-refractivity contribution in [3.8, 4) is 0 Å². The molecule has 0 aliphatic rings. The molecule has 1 aromatic heterocycles. The fourth-order valence-electron chi connectivity index (χ4n) is 1.65. The van der Waals surface area contributed by atoms with Crippen molar-refractivity contribution in [2.75, 3.05) is 4.72 Å². The van der Waals surface area contributed by atoms with Crippen molar-refractivity contribution in [3.05, 3.63) is 53.9 Å². The van der Waals surface area contributed by atoms with Crippen LogP contribution in [0.25, 0.3) is 0 Å². The number of carboxylic acid groups (broad SMARTS) is 1. The molecule has 0 radical (unpaired) electrons. The number of anilines is 1. The molecule has 1 atom stereocenters. The third-order valence-electron chi connectivity index (χ3n) is 2.71. The summed E-state index contributed by atoms with van der Waals surface area (Å²) in [4.78, 5) is 15.4. The average molecular weight is 290 g/mol. The van der Waals surface area contributed by atoms with Crippen molar-refractivity contribution >= 4 is 23.0 Å². The minimum atomic E-state index is -1.52. The van der Waals surface area contributed by atoms with Gasteiger partial charge in [0.2, 0.25) is 0 Å². The van der Waals surface area contributed by atoms with Crippen molar-refractivity contribution in [1.82, 2.24) is 4.98 Å². The van der Waals surface area contributed by atoms with Crippen LogP contribution in [-0.4, -0.2) is 20.6 Å². The maximum atomic E-state index is 12.2. The zero-order valence-electron chi connectivity index (χ0n) is 10.9. The maximum absolute atomic E-state index is 12.2. The van der Waals surface area contributed by atoms with Gasteiger partial charge in [-0.2, -0.15) is 0 Å². The van der Waals surface area contributed by atoms with Gasteiger partial charge < -0.3 is 9.66 Å². The lowest BCUT2D eigenvalue weighted by molar-refractivity contribution is 0.0696. The molecule has 6 heteroatoms. The van der Waals surface area contributed by atoms with Crippen LogP contribution < -0.4 is 4.72 Å². The van der Waals surface area contributed by atoms with Gasteiger partial charge in [-0.3, -0.25) is 4.98 Å². The van der Waals surface area contributed by atoms with Gasteiger partial charge in [0.05, 0.1) is 11.8 Å². The number of benzene rings is 1. The largest absolute Gasteiger partial charge is 0.588 e. The van der Waals surface area contributed by atoms with Gasteiger partial charge in [-0.1, -0.05) is 13.0 Å². The predicted octanol–water partition coefficient (Wildman–Crippen LogP) is 2.48. The Labute approximate surface area is 120 Å². The molecule has 0 aliphatic heterocycles. The number of pyridine rings is 1. The normalized spacial score (nSPS) is 11.9. The summed E-state index contributed by atoms with van der Waals surface area (Å²) in [7, 11) is 0. The van der Waals surface area contributed by atoms with E-state index in [0.717, 1.165) is 12.0 Å². The summed E-state index contributed by atoms with van der Waals surface area (Å²) < 4.78 is 15.0. The van der Waals surface area contributed by atoms with Gasteiger partial charge in [0.25, 0.3) is 0 Å². The van der Waals surface area contributed by atoms with Crippen LogP contribution in [-0.2, 0) is 17.8 Å². The lowest BCUT2D eigenvalue weighted by Gasteiger charge is -2.12. The minimum Gasteiger partial charge on any atom is -0.588 e. The van der Waals surface area contributed by atoms with Crippen molar-refractivity contribution in [1.29, 1.82) is 0 Å². The van der Waals surface area contributed by atoms with E-state index in [9.17, 15) is 9.35 Å². The number of aryl methyl sites for hydroxylation is 1. The first kappa shape index (κ1) is 14.4. The predicted molar refractivity (Wildman–Crippen MR) is 77.0 cm³/mol. The lowest BCUT2D eigenvalue weighted by atomic mass is 10.2. The summed E-state index contributed by atoms with van der Waals surface area (Å²) in [6.45, 7) is 2.01. The van der Waals surface area contributed by atoms with Gasteiger partial charge in [-0.05, 0) is 30.2 Å². The highest BCUT2D eigenvalue weighted by atomic mass is 32.2. The topological polar surface area (TPSA) is 85.3 Å². The molecule has 0 saturated heterocycles. The van der Waals surface area contributed by atoms with Gasteiger partial charge >= 0.3 is 5.97 Å². The zero-order chi connectivity index (χ0) is 14.5. The Morgan fingerprint density at radius 3 is 2.90 bits per heavy atom. The highest BCUT2D eigenvalue weighted by Gasteiger charge is 2.14. The second kappa shape index (κ2) is 6.40. The van der Waals surface area contributed by atoms with E-state index < -0.39 is 17.3 Å². The molecular weight excluding hydrogens is 276 g/mol. The minimum absolute atomic E-state index is 0.109. The molecule has 1 heterocycles. The third-order valence-corrected chi connectivity index (χ3v) is 3.81. The molecular formula is C14H14N2O3S. The van der Waals surface area contributed by atoms with E-state index in [2.05, 4.69) is 9.71 Å². The molecule has 0 fully saturated rings. The quantitative estimate of drug-likeness (QED) is 0.826. The van der Waals surface area contributed by atoms with E-state index in [1.165, 1.54) is 12.1 Å². The van der Waals surface area contributed by atoms with Crippen molar-refractivity contribution in [3.63, 3.8) is 0 Å². The van der Waals surface area contributed by atoms with Gasteiger partial charge in [0, 0.05) is 12.3 Å². The van der Waals surface area contributed by atoms with Crippen molar-refractivity contribution in [2.24, 2.45) is 0 Å². The first-order valence-electron chi connectivity index (χ1n) is 6.06. The number of rotatable bonds is 5. The number of nitrogens with one attached hydrogen (secondary N) is 1. The van der Waals surface area contributed by atoms with Crippen LogP contribution in [0, 0.1) is 0 Å². The molecule has 104 valence electrons. The molecule has 0 bridgehead atoms. The zero-order valence-corrected chi connectivity index (χ0v) is 11.7. The fraction of sp³-hybridized carbons (Fsp3) is 0.143. The molecule has 1 unspecified atom stereocenters. The smallest absolute Gasteiger partial charge is 0.335 e. The van der Waals surface area contributed by atoms with Crippen molar-refractivity contribution < 1.29 is 14.5 Å². The van der Waals surface area contributed by atoms with Crippen LogP contribution in [0.3, 0.4) is 0 Å². The highest BCUT2D eigenvalue weighted by molar-refractivity contribution is 7.92. The maximum Gasteiger partial charge on any atom is 0.335 e. The number of aromatic nitrogens is 1. The summed E-state index contributed by atoms with van der Waals surface area (Å²) in [5, 5.41) is 8.92. The molecule has 2 rings (SSSR count). The number of carboxylic acids is 1. The van der Waals surface area contributed by atoms with Crippen LogP contribution in [0.2, 0.25) is 0 Å². The molecule has 1 aromatic carbocycles. The molecule has 0 amide bonds. The standard InChI is InChI=1S/C14H14N2O3S/c1-2-10-6-12(9-15-8-10)16-20(19)13-5-3-4-11(7-13)14(17)18/h3-9,16H,2H2,1H3,(H,17,18). The van der Waals surface area contributed by atoms with E-state index in [0.29, 0.717) is 10.6 Å². The first-order chi connectivity index (χ1) is 9.60. The van der Waals surface area contributed by atoms with Gasteiger partial charge in [-0.25, -0.2) is 9.52 Å². The van der Waals surface area contributed by atoms with Crippen molar-refractivity contribution in [2.45, 2.75) is 18.2 Å².